The van der Waals surface area contributed by atoms with E-state index in [1.54, 1.807) is 19.9 Å². The largest absolute Gasteiger partial charge is 0.463 e. The zero-order chi connectivity index (χ0) is 20.8. The molecular weight excluding hydrogens is 365 g/mol. The molecule has 0 saturated carbocycles. The number of carbonyl (C=O) groups is 1. The van der Waals surface area contributed by atoms with E-state index in [2.05, 4.69) is 10.8 Å². The number of benzene rings is 1. The highest BCUT2D eigenvalue weighted by Gasteiger charge is 2.24. The molecular formula is C20H24FN3O4. The van der Waals surface area contributed by atoms with Gasteiger partial charge in [0, 0.05) is 7.05 Å². The lowest BCUT2D eigenvalue weighted by atomic mass is 10.1. The fourth-order valence-corrected chi connectivity index (χ4v) is 2.62. The van der Waals surface area contributed by atoms with Gasteiger partial charge in [-0.3, -0.25) is 19.0 Å². The summed E-state index contributed by atoms with van der Waals surface area (Å²) in [6.45, 7) is 7.73. The summed E-state index contributed by atoms with van der Waals surface area (Å²) < 4.78 is 20.8. The van der Waals surface area contributed by atoms with Gasteiger partial charge in [-0.1, -0.05) is 19.9 Å². The summed E-state index contributed by atoms with van der Waals surface area (Å²) in [5, 5.41) is 3.07. The maximum atomic E-state index is 14.3. The fourth-order valence-electron chi connectivity index (χ4n) is 2.62. The molecule has 0 atom stereocenters. The average molecular weight is 389 g/mol. The van der Waals surface area contributed by atoms with Gasteiger partial charge < -0.3 is 9.73 Å². The molecule has 0 saturated heterocycles. The number of amides is 1. The number of anilines is 2. The first kappa shape index (κ1) is 21.2. The highest BCUT2D eigenvalue weighted by molar-refractivity contribution is 6.09. The Hall–Kier alpha value is -3.13. The zero-order valence-electron chi connectivity index (χ0n) is 16.6. The van der Waals surface area contributed by atoms with Gasteiger partial charge in [-0.25, -0.2) is 9.87 Å². The number of halogens is 1. The van der Waals surface area contributed by atoms with Gasteiger partial charge in [0.25, 0.3) is 11.5 Å². The lowest BCUT2D eigenvalue weighted by Crippen LogP contribution is -2.29. The molecule has 28 heavy (non-hydrogen) atoms. The number of fused-ring (bicyclic) bond motifs is 1. The first-order valence-electron chi connectivity index (χ1n) is 8.99. The van der Waals surface area contributed by atoms with E-state index in [1.807, 2.05) is 13.8 Å². The Kier molecular flexibility index (Phi) is 6.94. The van der Waals surface area contributed by atoms with Crippen LogP contribution in [0.3, 0.4) is 0 Å². The molecule has 0 aliphatic rings. The molecule has 0 aliphatic heterocycles. The van der Waals surface area contributed by atoms with Gasteiger partial charge in [-0.15, -0.1) is 0 Å². The van der Waals surface area contributed by atoms with Crippen molar-refractivity contribution >= 4 is 28.4 Å². The Morgan fingerprint density at radius 3 is 2.64 bits per heavy atom. The summed E-state index contributed by atoms with van der Waals surface area (Å²) in [7, 11) is 1.49. The van der Waals surface area contributed by atoms with Crippen molar-refractivity contribution in [3.05, 3.63) is 57.8 Å². The van der Waals surface area contributed by atoms with Gasteiger partial charge in [0.1, 0.15) is 17.2 Å². The van der Waals surface area contributed by atoms with Gasteiger partial charge in [0.2, 0.25) is 0 Å². The van der Waals surface area contributed by atoms with Gasteiger partial charge in [-0.2, -0.15) is 0 Å². The van der Waals surface area contributed by atoms with Crippen LogP contribution in [0.4, 0.5) is 15.9 Å². The van der Waals surface area contributed by atoms with Crippen LogP contribution in [-0.2, 0) is 11.9 Å². The molecule has 8 heteroatoms. The van der Waals surface area contributed by atoms with E-state index in [1.165, 1.54) is 36.1 Å². The molecule has 2 heterocycles. The first-order chi connectivity index (χ1) is 13.4. The second kappa shape index (κ2) is 9.18. The quantitative estimate of drug-likeness (QED) is 0.644. The number of nitrogens with one attached hydrogen (secondary N) is 2. The second-order valence-corrected chi connectivity index (χ2v) is 5.72. The number of aromatic nitrogens is 1. The Balaban J connectivity index is 0.00000136. The molecule has 0 radical (unpaired) electrons. The van der Waals surface area contributed by atoms with Crippen molar-refractivity contribution in [1.29, 1.82) is 0 Å². The van der Waals surface area contributed by atoms with Crippen molar-refractivity contribution in [3.8, 4) is 0 Å². The van der Waals surface area contributed by atoms with Crippen LogP contribution in [-0.4, -0.2) is 17.1 Å². The summed E-state index contributed by atoms with van der Waals surface area (Å²) >= 11 is 0. The number of hydrogen-bond acceptors (Lipinski definition) is 5. The lowest BCUT2D eigenvalue weighted by Gasteiger charge is -2.16. The topological polar surface area (TPSA) is 85.5 Å². The number of rotatable bonds is 5. The highest BCUT2D eigenvalue weighted by atomic mass is 19.1. The Morgan fingerprint density at radius 1 is 1.29 bits per heavy atom. The van der Waals surface area contributed by atoms with Crippen LogP contribution in [0.5, 0.6) is 0 Å². The summed E-state index contributed by atoms with van der Waals surface area (Å²) in [6, 6.07) is 6.08. The number of furan rings is 1. The Labute approximate surface area is 162 Å². The standard InChI is InChI=1S/C18H18FN3O4.C2H6/c1-4-26-21-17(23)14-15-11(7-8-25-15)18(24)22(3)16(14)20-13-6-5-10(2)9-12(13)19;1-2/h5-9,20H,4H2,1-3H3,(H,21,23);1-2H3. The maximum absolute atomic E-state index is 14.3. The van der Waals surface area contributed by atoms with Crippen molar-refractivity contribution in [2.75, 3.05) is 11.9 Å². The van der Waals surface area contributed by atoms with E-state index in [4.69, 9.17) is 9.25 Å². The molecule has 3 rings (SSSR count). The molecule has 2 aromatic heterocycles. The third kappa shape index (κ3) is 4.07. The Morgan fingerprint density at radius 2 is 2.00 bits per heavy atom. The molecule has 0 fully saturated rings. The number of aryl methyl sites for hydroxylation is 1. The third-order valence-corrected chi connectivity index (χ3v) is 3.91. The molecule has 0 unspecified atom stereocenters. The number of carbonyl (C=O) groups excluding carboxylic acids is 1. The molecule has 7 nitrogen and oxygen atoms in total. The van der Waals surface area contributed by atoms with E-state index in [0.717, 1.165) is 5.56 Å². The normalized spacial score (nSPS) is 10.4. The van der Waals surface area contributed by atoms with Crippen LogP contribution in [0.15, 0.2) is 39.7 Å². The van der Waals surface area contributed by atoms with Gasteiger partial charge >= 0.3 is 0 Å². The summed E-state index contributed by atoms with van der Waals surface area (Å²) in [5.74, 6) is -1.03. The average Bonchev–Trinajstić information content (AvgIpc) is 3.17. The van der Waals surface area contributed by atoms with Crippen LogP contribution in [0, 0.1) is 12.7 Å². The lowest BCUT2D eigenvalue weighted by molar-refractivity contribution is 0.0365. The molecule has 0 aliphatic carbocycles. The Bertz CT molecular complexity index is 1040. The van der Waals surface area contributed by atoms with Crippen molar-refractivity contribution in [2.45, 2.75) is 27.7 Å². The van der Waals surface area contributed by atoms with Crippen molar-refractivity contribution in [3.63, 3.8) is 0 Å². The predicted molar refractivity (Wildman–Crippen MR) is 106 cm³/mol. The van der Waals surface area contributed by atoms with Crippen LogP contribution in [0.25, 0.3) is 11.0 Å². The zero-order valence-corrected chi connectivity index (χ0v) is 16.6. The van der Waals surface area contributed by atoms with Gasteiger partial charge in [0.15, 0.2) is 5.58 Å². The number of nitrogens with zero attached hydrogens (tertiary/aromatic N) is 1. The minimum absolute atomic E-state index is 0.0422. The smallest absolute Gasteiger partial charge is 0.282 e. The van der Waals surface area contributed by atoms with Crippen molar-refractivity contribution < 1.29 is 18.4 Å². The summed E-state index contributed by atoms with van der Waals surface area (Å²) in [6.07, 6.45) is 1.32. The van der Waals surface area contributed by atoms with Crippen molar-refractivity contribution in [1.82, 2.24) is 10.0 Å². The summed E-state index contributed by atoms with van der Waals surface area (Å²) in [4.78, 5) is 30.1. The van der Waals surface area contributed by atoms with Crippen LogP contribution >= 0.6 is 0 Å². The number of pyridine rings is 1. The molecule has 3 aromatic rings. The predicted octanol–water partition coefficient (Wildman–Crippen LogP) is 4.03. The maximum Gasteiger partial charge on any atom is 0.282 e. The van der Waals surface area contributed by atoms with Gasteiger partial charge in [-0.05, 0) is 37.6 Å². The third-order valence-electron chi connectivity index (χ3n) is 3.91. The van der Waals surface area contributed by atoms with E-state index < -0.39 is 11.7 Å². The highest BCUT2D eigenvalue weighted by Crippen LogP contribution is 2.28. The van der Waals surface area contributed by atoms with E-state index in [9.17, 15) is 14.0 Å². The molecule has 150 valence electrons. The van der Waals surface area contributed by atoms with Crippen LogP contribution in [0.2, 0.25) is 0 Å². The molecule has 0 spiro atoms. The molecule has 1 aromatic carbocycles. The van der Waals surface area contributed by atoms with Gasteiger partial charge in [0.05, 0.1) is 23.9 Å². The van der Waals surface area contributed by atoms with Crippen molar-refractivity contribution in [2.24, 2.45) is 7.05 Å². The van der Waals surface area contributed by atoms with E-state index in [0.29, 0.717) is 0 Å². The number of hydroxylamine groups is 1. The van der Waals surface area contributed by atoms with Crippen LogP contribution in [0.1, 0.15) is 36.7 Å². The summed E-state index contributed by atoms with van der Waals surface area (Å²) in [5.41, 5.74) is 2.92. The molecule has 1 amide bonds. The van der Waals surface area contributed by atoms with E-state index >= 15 is 0 Å². The first-order valence-corrected chi connectivity index (χ1v) is 8.99. The number of hydrogen-bond donors (Lipinski definition) is 2. The monoisotopic (exact) mass is 389 g/mol. The van der Waals surface area contributed by atoms with Crippen LogP contribution < -0.4 is 16.4 Å². The second-order valence-electron chi connectivity index (χ2n) is 5.72. The molecule has 0 bridgehead atoms. The molecule has 2 N–H and O–H groups in total. The SMILES string of the molecule is CC.CCONC(=O)c1c(Nc2ccc(C)cc2F)n(C)c(=O)c2ccoc12. The minimum atomic E-state index is -0.614. The minimum Gasteiger partial charge on any atom is -0.463 e. The fraction of sp³-hybridized carbons (Fsp3) is 0.300. The van der Waals surface area contributed by atoms with E-state index in [-0.39, 0.29) is 40.2 Å².